The Bertz CT molecular complexity index is 487. The van der Waals surface area contributed by atoms with Gasteiger partial charge in [-0.1, -0.05) is 24.8 Å². The molecule has 0 spiro atoms. The molecule has 19 heavy (non-hydrogen) atoms. The lowest BCUT2D eigenvalue weighted by atomic mass is 9.99. The quantitative estimate of drug-likeness (QED) is 0.827. The topological polar surface area (TPSA) is 29.3 Å². The number of benzene rings is 1. The predicted molar refractivity (Wildman–Crippen MR) is 76.0 cm³/mol. The molecule has 2 N–H and O–H groups in total. The van der Waals surface area contributed by atoms with Gasteiger partial charge in [-0.15, -0.1) is 0 Å². The maximum atomic E-state index is 14.0. The van der Waals surface area contributed by atoms with Crippen molar-refractivity contribution >= 4 is 0 Å². The number of hydrogen-bond donors (Lipinski definition) is 1. The van der Waals surface area contributed by atoms with E-state index in [1.807, 2.05) is 12.1 Å². The molecule has 0 aromatic heterocycles. The van der Waals surface area contributed by atoms with Crippen LogP contribution < -0.4 is 5.73 Å². The van der Waals surface area contributed by atoms with E-state index in [0.29, 0.717) is 24.6 Å². The van der Waals surface area contributed by atoms with Crippen LogP contribution in [0.15, 0.2) is 18.2 Å². The van der Waals surface area contributed by atoms with Gasteiger partial charge >= 0.3 is 0 Å². The van der Waals surface area contributed by atoms with Crippen molar-refractivity contribution in [3.63, 3.8) is 0 Å². The van der Waals surface area contributed by atoms with Crippen LogP contribution in [0, 0.1) is 23.6 Å². The molecule has 2 nitrogen and oxygen atoms in total. The summed E-state index contributed by atoms with van der Waals surface area (Å²) in [4.78, 5) is 2.33. The van der Waals surface area contributed by atoms with Crippen molar-refractivity contribution in [2.75, 3.05) is 19.6 Å². The van der Waals surface area contributed by atoms with Crippen molar-refractivity contribution in [1.82, 2.24) is 4.90 Å². The molecule has 1 aliphatic rings. The standard InChI is InChI=1S/C16H21FN2/c1-13-4-3-9-19(11-13)12-15-7-6-14(5-2-8-18)10-16(15)17/h6-7,10,13H,3-4,8-9,11-12,18H2,1H3. The monoisotopic (exact) mass is 260 g/mol. The zero-order chi connectivity index (χ0) is 13.7. The van der Waals surface area contributed by atoms with E-state index >= 15 is 0 Å². The van der Waals surface area contributed by atoms with E-state index < -0.39 is 0 Å². The highest BCUT2D eigenvalue weighted by Gasteiger charge is 2.17. The van der Waals surface area contributed by atoms with Crippen molar-refractivity contribution in [1.29, 1.82) is 0 Å². The summed E-state index contributed by atoms with van der Waals surface area (Å²) in [7, 11) is 0. The van der Waals surface area contributed by atoms with Crippen LogP contribution in [0.1, 0.15) is 30.9 Å². The molecule has 0 saturated carbocycles. The summed E-state index contributed by atoms with van der Waals surface area (Å²) in [5.41, 5.74) is 6.76. The van der Waals surface area contributed by atoms with Gasteiger partial charge in [-0.05, 0) is 37.4 Å². The number of likely N-dealkylation sites (tertiary alicyclic amines) is 1. The van der Waals surface area contributed by atoms with Crippen LogP contribution in [-0.4, -0.2) is 24.5 Å². The smallest absolute Gasteiger partial charge is 0.128 e. The SMILES string of the molecule is CC1CCCN(Cc2ccc(C#CCN)cc2F)C1. The molecule has 2 rings (SSSR count). The number of nitrogens with two attached hydrogens (primary N) is 1. The molecule has 1 heterocycles. The molecule has 1 aliphatic heterocycles. The molecular formula is C16H21FN2. The van der Waals surface area contributed by atoms with Crippen LogP contribution in [0.25, 0.3) is 0 Å². The van der Waals surface area contributed by atoms with E-state index in [1.165, 1.54) is 18.9 Å². The van der Waals surface area contributed by atoms with Gasteiger partial charge in [-0.2, -0.15) is 0 Å². The first kappa shape index (κ1) is 14.0. The zero-order valence-electron chi connectivity index (χ0n) is 11.5. The Labute approximate surface area is 114 Å². The Morgan fingerprint density at radius 2 is 2.32 bits per heavy atom. The highest BCUT2D eigenvalue weighted by atomic mass is 19.1. The van der Waals surface area contributed by atoms with Crippen LogP contribution in [-0.2, 0) is 6.54 Å². The molecule has 3 heteroatoms. The molecule has 1 fully saturated rings. The molecule has 0 radical (unpaired) electrons. The first-order chi connectivity index (χ1) is 9.19. The van der Waals surface area contributed by atoms with Crippen molar-refractivity contribution in [2.24, 2.45) is 11.7 Å². The summed E-state index contributed by atoms with van der Waals surface area (Å²) in [5.74, 6) is 6.14. The third-order valence-corrected chi connectivity index (χ3v) is 3.52. The molecule has 102 valence electrons. The lowest BCUT2D eigenvalue weighted by molar-refractivity contribution is 0.175. The Morgan fingerprint density at radius 3 is 3.00 bits per heavy atom. The van der Waals surface area contributed by atoms with Gasteiger partial charge in [0.05, 0.1) is 6.54 Å². The second-order valence-electron chi connectivity index (χ2n) is 5.29. The van der Waals surface area contributed by atoms with Crippen molar-refractivity contribution in [3.05, 3.63) is 35.1 Å². The lowest BCUT2D eigenvalue weighted by Gasteiger charge is -2.30. The fourth-order valence-corrected chi connectivity index (χ4v) is 2.58. The van der Waals surface area contributed by atoms with Crippen LogP contribution >= 0.6 is 0 Å². The lowest BCUT2D eigenvalue weighted by Crippen LogP contribution is -2.33. The molecule has 1 saturated heterocycles. The zero-order valence-corrected chi connectivity index (χ0v) is 11.5. The number of hydrogen-bond acceptors (Lipinski definition) is 2. The Balaban J connectivity index is 2.04. The molecule has 1 aromatic carbocycles. The highest BCUT2D eigenvalue weighted by molar-refractivity contribution is 5.37. The van der Waals surface area contributed by atoms with E-state index in [0.717, 1.165) is 18.7 Å². The molecule has 1 unspecified atom stereocenters. The third kappa shape index (κ3) is 4.05. The fraction of sp³-hybridized carbons (Fsp3) is 0.500. The van der Waals surface area contributed by atoms with Gasteiger partial charge in [0, 0.05) is 24.2 Å². The van der Waals surface area contributed by atoms with Crippen LogP contribution in [0.5, 0.6) is 0 Å². The Morgan fingerprint density at radius 1 is 1.47 bits per heavy atom. The predicted octanol–water partition coefficient (Wildman–Crippen LogP) is 2.37. The first-order valence-electron chi connectivity index (χ1n) is 6.88. The number of piperidine rings is 1. The second kappa shape index (κ2) is 6.70. The largest absolute Gasteiger partial charge is 0.320 e. The van der Waals surface area contributed by atoms with Gasteiger partial charge < -0.3 is 5.73 Å². The van der Waals surface area contributed by atoms with Gasteiger partial charge in [-0.3, -0.25) is 4.90 Å². The van der Waals surface area contributed by atoms with E-state index in [2.05, 4.69) is 23.7 Å². The summed E-state index contributed by atoms with van der Waals surface area (Å²) in [6.07, 6.45) is 2.50. The van der Waals surface area contributed by atoms with Gasteiger partial charge in [0.15, 0.2) is 0 Å². The fourth-order valence-electron chi connectivity index (χ4n) is 2.58. The molecule has 0 amide bonds. The molecule has 1 aromatic rings. The summed E-state index contributed by atoms with van der Waals surface area (Å²) < 4.78 is 14.0. The number of rotatable bonds is 2. The minimum Gasteiger partial charge on any atom is -0.320 e. The van der Waals surface area contributed by atoms with Crippen molar-refractivity contribution in [2.45, 2.75) is 26.3 Å². The van der Waals surface area contributed by atoms with Gasteiger partial charge in [0.1, 0.15) is 5.82 Å². The van der Waals surface area contributed by atoms with Gasteiger partial charge in [0.25, 0.3) is 0 Å². The number of nitrogens with zero attached hydrogens (tertiary/aromatic N) is 1. The minimum atomic E-state index is -0.165. The first-order valence-corrected chi connectivity index (χ1v) is 6.88. The van der Waals surface area contributed by atoms with E-state index in [-0.39, 0.29) is 5.82 Å². The summed E-state index contributed by atoms with van der Waals surface area (Å²) in [5, 5.41) is 0. The van der Waals surface area contributed by atoms with Crippen LogP contribution in [0.2, 0.25) is 0 Å². The Kier molecular flexibility index (Phi) is 4.95. The Hall–Kier alpha value is -1.37. The summed E-state index contributed by atoms with van der Waals surface area (Å²) in [6, 6.07) is 5.22. The van der Waals surface area contributed by atoms with Crippen LogP contribution in [0.3, 0.4) is 0 Å². The summed E-state index contributed by atoms with van der Waals surface area (Å²) in [6.45, 7) is 5.39. The van der Waals surface area contributed by atoms with E-state index in [9.17, 15) is 4.39 Å². The molecular weight excluding hydrogens is 239 g/mol. The third-order valence-electron chi connectivity index (χ3n) is 3.52. The van der Waals surface area contributed by atoms with Crippen molar-refractivity contribution < 1.29 is 4.39 Å². The molecule has 0 aliphatic carbocycles. The molecule has 1 atom stereocenters. The maximum absolute atomic E-state index is 14.0. The number of halogens is 1. The normalized spacial score (nSPS) is 19.8. The maximum Gasteiger partial charge on any atom is 0.128 e. The van der Waals surface area contributed by atoms with Crippen molar-refractivity contribution in [3.8, 4) is 11.8 Å². The van der Waals surface area contributed by atoms with E-state index in [1.54, 1.807) is 0 Å². The van der Waals surface area contributed by atoms with E-state index in [4.69, 9.17) is 5.73 Å². The minimum absolute atomic E-state index is 0.165. The average Bonchev–Trinajstić information content (AvgIpc) is 2.39. The summed E-state index contributed by atoms with van der Waals surface area (Å²) >= 11 is 0. The van der Waals surface area contributed by atoms with Gasteiger partial charge in [-0.25, -0.2) is 4.39 Å². The highest BCUT2D eigenvalue weighted by Crippen LogP contribution is 2.19. The van der Waals surface area contributed by atoms with Gasteiger partial charge in [0.2, 0.25) is 0 Å². The average molecular weight is 260 g/mol. The second-order valence-corrected chi connectivity index (χ2v) is 5.29. The van der Waals surface area contributed by atoms with Crippen LogP contribution in [0.4, 0.5) is 4.39 Å². The molecule has 0 bridgehead atoms.